The fourth-order valence-electron chi connectivity index (χ4n) is 2.00. The van der Waals surface area contributed by atoms with E-state index in [4.69, 9.17) is 4.74 Å². The van der Waals surface area contributed by atoms with Gasteiger partial charge in [-0.2, -0.15) is 0 Å². The van der Waals surface area contributed by atoms with E-state index in [-0.39, 0.29) is 5.69 Å². The first kappa shape index (κ1) is 14.5. The van der Waals surface area contributed by atoms with Crippen LogP contribution < -0.4 is 4.74 Å². The van der Waals surface area contributed by atoms with Crippen LogP contribution in [0.3, 0.4) is 0 Å². The highest BCUT2D eigenvalue weighted by Crippen LogP contribution is 2.18. The zero-order valence-electron chi connectivity index (χ0n) is 11.8. The number of hydrogen-bond acceptors (Lipinski definition) is 5. The van der Waals surface area contributed by atoms with E-state index in [2.05, 4.69) is 9.97 Å². The summed E-state index contributed by atoms with van der Waals surface area (Å²) in [6.45, 7) is 0. The summed E-state index contributed by atoms with van der Waals surface area (Å²) in [4.78, 5) is 28.9. The number of carbonyl (C=O) groups excluding carboxylic acids is 1. The molecule has 0 aliphatic heterocycles. The number of nitrogens with zero attached hydrogens (tertiary/aromatic N) is 2. The molecule has 0 radical (unpaired) electrons. The van der Waals surface area contributed by atoms with Crippen LogP contribution in [0.2, 0.25) is 0 Å². The maximum absolute atomic E-state index is 11.8. The van der Waals surface area contributed by atoms with Crippen LogP contribution in [0.25, 0.3) is 17.1 Å². The summed E-state index contributed by atoms with van der Waals surface area (Å²) in [6, 6.07) is 10.9. The van der Waals surface area contributed by atoms with E-state index in [0.717, 1.165) is 11.0 Å². The maximum Gasteiger partial charge on any atom is 0.336 e. The van der Waals surface area contributed by atoms with E-state index in [9.17, 15) is 14.9 Å². The van der Waals surface area contributed by atoms with Crippen LogP contribution in [0.5, 0.6) is 5.75 Å². The van der Waals surface area contributed by atoms with Crippen LogP contribution in [0.1, 0.15) is 5.56 Å². The number of aromatic nitrogens is 2. The molecule has 0 saturated heterocycles. The molecule has 3 rings (SSSR count). The number of fused-ring (bicyclic) bond motifs is 1. The summed E-state index contributed by atoms with van der Waals surface area (Å²) in [5.41, 5.74) is 2.22. The molecule has 114 valence electrons. The van der Waals surface area contributed by atoms with Crippen molar-refractivity contribution in [2.45, 2.75) is 0 Å². The summed E-state index contributed by atoms with van der Waals surface area (Å²) >= 11 is 0. The number of nitro benzene ring substituents is 1. The molecule has 1 N–H and O–H groups in total. The number of esters is 1. The highest BCUT2D eigenvalue weighted by molar-refractivity contribution is 5.89. The van der Waals surface area contributed by atoms with Crippen LogP contribution in [0.15, 0.2) is 54.9 Å². The second kappa shape index (κ2) is 6.10. The molecule has 0 amide bonds. The van der Waals surface area contributed by atoms with Gasteiger partial charge in [-0.25, -0.2) is 9.78 Å². The number of nitrogens with one attached hydrogen (secondary N) is 1. The minimum Gasteiger partial charge on any atom is -0.423 e. The topological polar surface area (TPSA) is 98.1 Å². The van der Waals surface area contributed by atoms with E-state index in [1.165, 1.54) is 24.3 Å². The fraction of sp³-hybridized carbons (Fsp3) is 0. The van der Waals surface area contributed by atoms with Crippen molar-refractivity contribution in [2.75, 3.05) is 0 Å². The summed E-state index contributed by atoms with van der Waals surface area (Å²) in [5, 5.41) is 10.6. The third kappa shape index (κ3) is 3.41. The van der Waals surface area contributed by atoms with E-state index >= 15 is 0 Å². The van der Waals surface area contributed by atoms with Gasteiger partial charge in [0.05, 0.1) is 22.3 Å². The van der Waals surface area contributed by atoms with Crippen LogP contribution in [-0.2, 0) is 4.79 Å². The zero-order chi connectivity index (χ0) is 16.2. The van der Waals surface area contributed by atoms with E-state index in [0.29, 0.717) is 11.3 Å². The molecule has 3 aromatic rings. The Morgan fingerprint density at radius 2 is 2.00 bits per heavy atom. The van der Waals surface area contributed by atoms with Crippen LogP contribution in [0.4, 0.5) is 5.69 Å². The molecule has 7 heteroatoms. The van der Waals surface area contributed by atoms with Crippen molar-refractivity contribution in [1.29, 1.82) is 0 Å². The van der Waals surface area contributed by atoms with Gasteiger partial charge in [-0.05, 0) is 35.9 Å². The largest absolute Gasteiger partial charge is 0.423 e. The first-order chi connectivity index (χ1) is 11.1. The average Bonchev–Trinajstić information content (AvgIpc) is 3.01. The highest BCUT2D eigenvalue weighted by Gasteiger charge is 2.05. The molecule has 23 heavy (non-hydrogen) atoms. The summed E-state index contributed by atoms with van der Waals surface area (Å²) in [6.07, 6.45) is 4.35. The number of non-ortho nitro benzene ring substituents is 1. The molecule has 2 aromatic carbocycles. The maximum atomic E-state index is 11.8. The first-order valence-electron chi connectivity index (χ1n) is 6.69. The van der Waals surface area contributed by atoms with Crippen molar-refractivity contribution in [3.63, 3.8) is 0 Å². The van der Waals surface area contributed by atoms with E-state index in [1.54, 1.807) is 36.7 Å². The van der Waals surface area contributed by atoms with Crippen LogP contribution >= 0.6 is 0 Å². The summed E-state index contributed by atoms with van der Waals surface area (Å²) < 4.78 is 5.19. The second-order valence-electron chi connectivity index (χ2n) is 4.68. The lowest BCUT2D eigenvalue weighted by molar-refractivity contribution is -0.384. The summed E-state index contributed by atoms with van der Waals surface area (Å²) in [5.74, 6) is -0.137. The van der Waals surface area contributed by atoms with E-state index in [1.807, 2.05) is 0 Å². The standard InChI is InChI=1S/C16H11N3O4/c20-16(8-3-11-1-4-12(5-2-11)19(21)22)23-13-6-7-14-15(9-13)18-10-17-14/h1-10H,(H,17,18)/b8-3+. The number of hydrogen-bond donors (Lipinski definition) is 1. The number of imidazole rings is 1. The molecule has 0 aliphatic rings. The van der Waals surface area contributed by atoms with Crippen molar-refractivity contribution in [2.24, 2.45) is 0 Å². The normalized spacial score (nSPS) is 11.0. The minimum absolute atomic E-state index is 0.00223. The van der Waals surface area contributed by atoms with E-state index < -0.39 is 10.9 Å². The lowest BCUT2D eigenvalue weighted by Crippen LogP contribution is -2.03. The number of carbonyl (C=O) groups is 1. The fourth-order valence-corrected chi connectivity index (χ4v) is 2.00. The van der Waals surface area contributed by atoms with Gasteiger partial charge in [0.15, 0.2) is 0 Å². The molecule has 0 bridgehead atoms. The number of benzene rings is 2. The lowest BCUT2D eigenvalue weighted by Gasteiger charge is -2.00. The second-order valence-corrected chi connectivity index (χ2v) is 4.68. The molecule has 0 atom stereocenters. The molecule has 7 nitrogen and oxygen atoms in total. The molecule has 0 spiro atoms. The Morgan fingerprint density at radius 1 is 1.22 bits per heavy atom. The minimum atomic E-state index is -0.540. The van der Waals surface area contributed by atoms with Crippen molar-refractivity contribution >= 4 is 28.8 Å². The van der Waals surface area contributed by atoms with Gasteiger partial charge < -0.3 is 9.72 Å². The van der Waals surface area contributed by atoms with Crippen molar-refractivity contribution in [3.05, 3.63) is 70.5 Å². The predicted molar refractivity (Wildman–Crippen MR) is 83.9 cm³/mol. The van der Waals surface area contributed by atoms with Gasteiger partial charge in [0.1, 0.15) is 5.75 Å². The van der Waals surface area contributed by atoms with Crippen molar-refractivity contribution in [3.8, 4) is 5.75 Å². The lowest BCUT2D eigenvalue weighted by atomic mass is 10.2. The number of aromatic amines is 1. The SMILES string of the molecule is O=C(/C=C/c1ccc([N+](=O)[O-])cc1)Oc1ccc2nc[nH]c2c1. The Morgan fingerprint density at radius 3 is 2.74 bits per heavy atom. The van der Waals surface area contributed by atoms with Crippen molar-refractivity contribution in [1.82, 2.24) is 9.97 Å². The molecular formula is C16H11N3O4. The van der Waals surface area contributed by atoms with Gasteiger partial charge in [-0.15, -0.1) is 0 Å². The average molecular weight is 309 g/mol. The first-order valence-corrected chi connectivity index (χ1v) is 6.69. The number of H-pyrrole nitrogens is 1. The summed E-state index contributed by atoms with van der Waals surface area (Å²) in [7, 11) is 0. The highest BCUT2D eigenvalue weighted by atomic mass is 16.6. The molecule has 1 heterocycles. The smallest absolute Gasteiger partial charge is 0.336 e. The molecule has 0 saturated carbocycles. The Labute approximate surface area is 130 Å². The predicted octanol–water partition coefficient (Wildman–Crippen LogP) is 3.09. The van der Waals surface area contributed by atoms with Crippen molar-refractivity contribution < 1.29 is 14.5 Å². The third-order valence-electron chi connectivity index (χ3n) is 3.13. The Kier molecular flexibility index (Phi) is 3.84. The quantitative estimate of drug-likeness (QED) is 0.262. The number of rotatable bonds is 4. The van der Waals surface area contributed by atoms with Gasteiger partial charge in [-0.1, -0.05) is 0 Å². The molecule has 0 fully saturated rings. The Hall–Kier alpha value is -3.48. The monoisotopic (exact) mass is 309 g/mol. The van der Waals surface area contributed by atoms with Gasteiger partial charge in [0.2, 0.25) is 0 Å². The van der Waals surface area contributed by atoms with Gasteiger partial charge in [0.25, 0.3) is 5.69 Å². The number of nitro groups is 1. The van der Waals surface area contributed by atoms with Gasteiger partial charge in [0, 0.05) is 24.3 Å². The van der Waals surface area contributed by atoms with Gasteiger partial charge in [-0.3, -0.25) is 10.1 Å². The molecule has 0 unspecified atom stereocenters. The van der Waals surface area contributed by atoms with Crippen LogP contribution in [-0.4, -0.2) is 20.9 Å². The Balaban J connectivity index is 1.67. The Bertz CT molecular complexity index is 897. The molecular weight excluding hydrogens is 298 g/mol. The molecule has 1 aromatic heterocycles. The third-order valence-corrected chi connectivity index (χ3v) is 3.13. The zero-order valence-corrected chi connectivity index (χ0v) is 11.8. The van der Waals surface area contributed by atoms with Crippen LogP contribution in [0, 0.1) is 10.1 Å². The molecule has 0 aliphatic carbocycles. The number of ether oxygens (including phenoxy) is 1. The van der Waals surface area contributed by atoms with Gasteiger partial charge >= 0.3 is 5.97 Å².